The number of likely N-dealkylation sites (tertiary alicyclic amines) is 2. The van der Waals surface area contributed by atoms with E-state index in [2.05, 4.69) is 94.8 Å². The van der Waals surface area contributed by atoms with Crippen molar-refractivity contribution in [3.8, 4) is 0 Å². The van der Waals surface area contributed by atoms with Crippen LogP contribution in [0.25, 0.3) is 0 Å². The fourth-order valence-electron chi connectivity index (χ4n) is 7.12. The SMILES string of the molecule is CC(C)(C)OC(=O)N1CCC[C@H](CCC(NS(=O)C(C)(C)C)c2cc(C(C)(C)C)ccn2)C1.CC(C)(C)OC(=O)N1CCC[C@H](CCC=NS(=O)C(C)(C)C)C1.CC(C)(C)c1ccnc(Br)c1. The van der Waals surface area contributed by atoms with Crippen LogP contribution < -0.4 is 4.72 Å². The van der Waals surface area contributed by atoms with Crippen LogP contribution in [0.15, 0.2) is 45.7 Å². The van der Waals surface area contributed by atoms with Gasteiger partial charge in [0.1, 0.15) is 26.8 Å². The molecule has 4 rings (SSSR count). The molecule has 0 aromatic carbocycles. The second-order valence-corrected chi connectivity index (χ2v) is 28.8. The number of piperidine rings is 2. The minimum Gasteiger partial charge on any atom is -0.444 e. The van der Waals surface area contributed by atoms with Gasteiger partial charge in [0.05, 0.1) is 32.2 Å². The second kappa shape index (κ2) is 25.9. The first kappa shape index (κ1) is 60.4. The molecule has 12 nitrogen and oxygen atoms in total. The van der Waals surface area contributed by atoms with Gasteiger partial charge in [0, 0.05) is 44.8 Å². The largest absolute Gasteiger partial charge is 0.444 e. The number of hydrogen-bond acceptors (Lipinski definition) is 8. The zero-order valence-electron chi connectivity index (χ0n) is 44.6. The first-order chi connectivity index (χ1) is 30.5. The Balaban J connectivity index is 0.000000390. The van der Waals surface area contributed by atoms with Crippen molar-refractivity contribution in [3.05, 3.63) is 58.1 Å². The highest BCUT2D eigenvalue weighted by Gasteiger charge is 2.31. The normalized spacial score (nSPS) is 19.0. The average molecular weight is 1040 g/mol. The molecular formula is C52H89BrN6O6S2. The summed E-state index contributed by atoms with van der Waals surface area (Å²) in [6.45, 7) is 39.1. The number of hydrogen-bond donors (Lipinski definition) is 1. The lowest BCUT2D eigenvalue weighted by Gasteiger charge is -2.35. The Labute approximate surface area is 420 Å². The number of halogens is 1. The maximum absolute atomic E-state index is 13.0. The predicted molar refractivity (Wildman–Crippen MR) is 283 cm³/mol. The number of pyridine rings is 2. The van der Waals surface area contributed by atoms with E-state index in [-0.39, 0.29) is 38.6 Å². The first-order valence-corrected chi connectivity index (χ1v) is 27.3. The minimum atomic E-state index is -1.20. The zero-order chi connectivity index (χ0) is 51.2. The molecule has 2 fully saturated rings. The number of carbonyl (C=O) groups is 2. The van der Waals surface area contributed by atoms with Crippen molar-refractivity contribution in [1.29, 1.82) is 0 Å². The van der Waals surface area contributed by atoms with Gasteiger partial charge in [-0.3, -0.25) is 4.98 Å². The van der Waals surface area contributed by atoms with Gasteiger partial charge in [-0.2, -0.15) is 4.40 Å². The molecule has 0 spiro atoms. The summed E-state index contributed by atoms with van der Waals surface area (Å²) in [4.78, 5) is 37.0. The summed E-state index contributed by atoms with van der Waals surface area (Å²) in [5.41, 5.74) is 2.75. The highest BCUT2D eigenvalue weighted by atomic mass is 79.9. The van der Waals surface area contributed by atoms with E-state index in [1.54, 1.807) is 6.21 Å². The Morgan fingerprint density at radius 2 is 1.19 bits per heavy atom. The third-order valence-corrected chi connectivity index (χ3v) is 14.4. The molecule has 2 saturated heterocycles. The van der Waals surface area contributed by atoms with Crippen LogP contribution in [0.4, 0.5) is 9.59 Å². The molecule has 2 aromatic heterocycles. The van der Waals surface area contributed by atoms with Crippen LogP contribution in [0, 0.1) is 11.8 Å². The summed E-state index contributed by atoms with van der Waals surface area (Å²) < 4.78 is 43.5. The summed E-state index contributed by atoms with van der Waals surface area (Å²) in [7, 11) is -2.39. The van der Waals surface area contributed by atoms with Crippen LogP contribution in [0.1, 0.15) is 199 Å². The summed E-state index contributed by atoms with van der Waals surface area (Å²) in [6.07, 6.45) is 12.7. The Kier molecular flexibility index (Phi) is 23.4. The van der Waals surface area contributed by atoms with E-state index in [1.807, 2.05) is 111 Å². The van der Waals surface area contributed by atoms with Crippen molar-refractivity contribution >= 4 is 56.3 Å². The van der Waals surface area contributed by atoms with Gasteiger partial charge in [0.25, 0.3) is 0 Å². The summed E-state index contributed by atoms with van der Waals surface area (Å²) in [6, 6.07) is 8.20. The predicted octanol–water partition coefficient (Wildman–Crippen LogP) is 13.0. The molecule has 2 aromatic rings. The quantitative estimate of drug-likeness (QED) is 0.183. The standard InChI is InChI=1S/C26H45N3O3S.C17H32N2O3S.C9H12BrN/c1-24(2,3)20-14-15-27-22(17-20)21(28-33(31)26(7,8)9)13-12-19-11-10-16-29(18-19)23(30)32-25(4,5)6;1-16(2,3)22-15(20)19-12-8-10-14(13-19)9-7-11-18-23(21)17(4,5)6;1-9(2,3)7-4-5-11-8(10)6-7/h14-15,17,19,21,28H,10-13,16,18H2,1-9H3;11,14H,7-10,12-13H2,1-6H3;4-6H,1-3H3/t19-,21?,33?;14-,23?;/m10./s1. The fraction of sp³-hybridized carbons (Fsp3) is 0.750. The molecule has 0 radical (unpaired) electrons. The van der Waals surface area contributed by atoms with Gasteiger partial charge in [-0.1, -0.05) is 41.5 Å². The van der Waals surface area contributed by atoms with Crippen LogP contribution in [-0.2, 0) is 42.3 Å². The third kappa shape index (κ3) is 24.1. The van der Waals surface area contributed by atoms with Crippen molar-refractivity contribution in [3.63, 3.8) is 0 Å². The molecule has 0 aliphatic carbocycles. The van der Waals surface area contributed by atoms with E-state index in [4.69, 9.17) is 9.47 Å². The Hall–Kier alpha value is -2.75. The number of amides is 2. The lowest BCUT2D eigenvalue weighted by molar-refractivity contribution is 0.0152. The second-order valence-electron chi connectivity index (χ2n) is 24.1. The van der Waals surface area contributed by atoms with Crippen LogP contribution in [-0.4, -0.2) is 93.5 Å². The fourth-order valence-corrected chi connectivity index (χ4v) is 8.90. The molecule has 1 N–H and O–H groups in total. The first-order valence-electron chi connectivity index (χ1n) is 24.2. The molecule has 67 heavy (non-hydrogen) atoms. The lowest BCUT2D eigenvalue weighted by Crippen LogP contribution is -2.43. The number of rotatable bonds is 10. The molecule has 2 aliphatic heterocycles. The van der Waals surface area contributed by atoms with Crippen LogP contribution >= 0.6 is 15.9 Å². The number of nitrogens with zero attached hydrogens (tertiary/aromatic N) is 5. The van der Waals surface area contributed by atoms with E-state index in [9.17, 15) is 18.0 Å². The van der Waals surface area contributed by atoms with Crippen LogP contribution in [0.2, 0.25) is 0 Å². The molecule has 0 bridgehead atoms. The maximum Gasteiger partial charge on any atom is 0.410 e. The number of carbonyl (C=O) groups excluding carboxylic acids is 2. The number of ether oxygens (including phenoxy) is 2. The van der Waals surface area contributed by atoms with Crippen molar-refractivity contribution < 1.29 is 27.5 Å². The van der Waals surface area contributed by atoms with Crippen molar-refractivity contribution in [1.82, 2.24) is 24.5 Å². The summed E-state index contributed by atoms with van der Waals surface area (Å²) >= 11 is 3.34. The van der Waals surface area contributed by atoms with E-state index in [0.29, 0.717) is 18.4 Å². The maximum atomic E-state index is 13.0. The molecule has 3 unspecified atom stereocenters. The average Bonchev–Trinajstić information content (AvgIpc) is 3.19. The molecule has 2 aliphatic rings. The van der Waals surface area contributed by atoms with Gasteiger partial charge in [-0.15, -0.1) is 0 Å². The monoisotopic (exact) mass is 1040 g/mol. The lowest BCUT2D eigenvalue weighted by atomic mass is 9.86. The number of nitrogens with one attached hydrogen (secondary N) is 1. The van der Waals surface area contributed by atoms with Gasteiger partial charge in [-0.25, -0.2) is 27.7 Å². The van der Waals surface area contributed by atoms with Gasteiger partial charge in [0.15, 0.2) is 0 Å². The van der Waals surface area contributed by atoms with E-state index < -0.39 is 33.2 Å². The molecule has 382 valence electrons. The van der Waals surface area contributed by atoms with Crippen molar-refractivity contribution in [2.75, 3.05) is 26.2 Å². The highest BCUT2D eigenvalue weighted by Crippen LogP contribution is 2.31. The van der Waals surface area contributed by atoms with Gasteiger partial charge in [-0.05, 0) is 208 Å². The minimum absolute atomic E-state index is 0.0166. The van der Waals surface area contributed by atoms with E-state index in [1.165, 1.54) is 11.1 Å². The molecule has 5 atom stereocenters. The zero-order valence-corrected chi connectivity index (χ0v) is 47.9. The molecule has 4 heterocycles. The molecular weight excluding hydrogens is 949 g/mol. The molecule has 15 heteroatoms. The van der Waals surface area contributed by atoms with Crippen LogP contribution in [0.3, 0.4) is 0 Å². The van der Waals surface area contributed by atoms with Gasteiger partial charge < -0.3 is 19.3 Å². The topological polar surface area (TPSA) is 143 Å². The van der Waals surface area contributed by atoms with Gasteiger partial charge >= 0.3 is 12.2 Å². The van der Waals surface area contributed by atoms with Crippen molar-refractivity contribution in [2.24, 2.45) is 16.2 Å². The van der Waals surface area contributed by atoms with Crippen LogP contribution in [0.5, 0.6) is 0 Å². The van der Waals surface area contributed by atoms with E-state index >= 15 is 0 Å². The van der Waals surface area contributed by atoms with Gasteiger partial charge in [0.2, 0.25) is 0 Å². The number of aromatic nitrogens is 2. The molecule has 2 amide bonds. The third-order valence-electron chi connectivity index (χ3n) is 11.0. The Bertz CT molecular complexity index is 1940. The molecule has 0 saturated carbocycles. The summed E-state index contributed by atoms with van der Waals surface area (Å²) in [5.74, 6) is 0.857. The summed E-state index contributed by atoms with van der Waals surface area (Å²) in [5, 5.41) is 0. The van der Waals surface area contributed by atoms with E-state index in [0.717, 1.165) is 81.3 Å². The Morgan fingerprint density at radius 1 is 0.731 bits per heavy atom. The Morgan fingerprint density at radius 3 is 1.61 bits per heavy atom. The highest BCUT2D eigenvalue weighted by molar-refractivity contribution is 9.10. The van der Waals surface area contributed by atoms with Crippen molar-refractivity contribution in [2.45, 2.75) is 214 Å². The smallest absolute Gasteiger partial charge is 0.410 e.